The summed E-state index contributed by atoms with van der Waals surface area (Å²) in [6.45, 7) is 1.95. The number of nitrogens with zero attached hydrogens (tertiary/aromatic N) is 4. The van der Waals surface area contributed by atoms with Crippen LogP contribution >= 0.6 is 0 Å². The van der Waals surface area contributed by atoms with E-state index in [-0.39, 0.29) is 0 Å². The Morgan fingerprint density at radius 3 is 2.45 bits per heavy atom. The van der Waals surface area contributed by atoms with Crippen LogP contribution in [0.15, 0.2) is 55.0 Å². The summed E-state index contributed by atoms with van der Waals surface area (Å²) in [6, 6.07) is 11.4. The minimum absolute atomic E-state index is 0.404. The Morgan fingerprint density at radius 2 is 1.75 bits per heavy atom. The van der Waals surface area contributed by atoms with Crippen molar-refractivity contribution in [2.24, 2.45) is 5.73 Å². The van der Waals surface area contributed by atoms with Gasteiger partial charge in [0.2, 0.25) is 0 Å². The standard InChI is InChI=1S/C15H15N5/c1-11-9-17-15(18-10-11)14(16)13-7-8-19-20(13)12-5-3-2-4-6-12/h2-10,14H,16H2,1H3. The molecule has 2 N–H and O–H groups in total. The lowest BCUT2D eigenvalue weighted by atomic mass is 10.2. The molecule has 1 aromatic carbocycles. The Bertz CT molecular complexity index is 688. The molecule has 0 fully saturated rings. The van der Waals surface area contributed by atoms with Gasteiger partial charge in [-0.15, -0.1) is 0 Å². The zero-order chi connectivity index (χ0) is 13.9. The van der Waals surface area contributed by atoms with Crippen LogP contribution in [0.5, 0.6) is 0 Å². The van der Waals surface area contributed by atoms with Gasteiger partial charge in [0, 0.05) is 18.6 Å². The van der Waals surface area contributed by atoms with Gasteiger partial charge in [0.05, 0.1) is 11.4 Å². The van der Waals surface area contributed by atoms with Gasteiger partial charge in [0.1, 0.15) is 6.04 Å². The van der Waals surface area contributed by atoms with Crippen molar-refractivity contribution in [2.75, 3.05) is 0 Å². The van der Waals surface area contributed by atoms with E-state index in [0.717, 1.165) is 16.9 Å². The number of para-hydroxylation sites is 1. The number of hydrogen-bond donors (Lipinski definition) is 1. The van der Waals surface area contributed by atoms with Crippen LogP contribution in [0.3, 0.4) is 0 Å². The van der Waals surface area contributed by atoms with Crippen LogP contribution < -0.4 is 5.73 Å². The molecule has 20 heavy (non-hydrogen) atoms. The molecule has 1 atom stereocenters. The lowest BCUT2D eigenvalue weighted by Gasteiger charge is -2.13. The van der Waals surface area contributed by atoms with Crippen LogP contribution in [0.2, 0.25) is 0 Å². The van der Waals surface area contributed by atoms with Gasteiger partial charge in [-0.1, -0.05) is 18.2 Å². The average molecular weight is 265 g/mol. The number of hydrogen-bond acceptors (Lipinski definition) is 4. The summed E-state index contributed by atoms with van der Waals surface area (Å²) >= 11 is 0. The maximum atomic E-state index is 6.26. The third-order valence-electron chi connectivity index (χ3n) is 3.07. The molecule has 1 unspecified atom stereocenters. The molecular formula is C15H15N5. The highest BCUT2D eigenvalue weighted by Crippen LogP contribution is 2.19. The molecule has 2 heterocycles. The normalized spacial score (nSPS) is 12.3. The Hall–Kier alpha value is -2.53. The minimum Gasteiger partial charge on any atom is -0.316 e. The molecule has 2 aromatic heterocycles. The van der Waals surface area contributed by atoms with Gasteiger partial charge in [-0.3, -0.25) is 0 Å². The van der Waals surface area contributed by atoms with Crippen molar-refractivity contribution in [3.05, 3.63) is 72.1 Å². The van der Waals surface area contributed by atoms with Gasteiger partial charge < -0.3 is 5.73 Å². The van der Waals surface area contributed by atoms with E-state index < -0.39 is 6.04 Å². The average Bonchev–Trinajstić information content (AvgIpc) is 2.97. The van der Waals surface area contributed by atoms with Crippen LogP contribution in [0, 0.1) is 6.92 Å². The highest BCUT2D eigenvalue weighted by atomic mass is 15.3. The topological polar surface area (TPSA) is 69.6 Å². The van der Waals surface area contributed by atoms with Crippen LogP contribution in [0.1, 0.15) is 23.1 Å². The zero-order valence-electron chi connectivity index (χ0n) is 11.1. The molecule has 0 bridgehead atoms. The first-order chi connectivity index (χ1) is 9.75. The van der Waals surface area contributed by atoms with Crippen molar-refractivity contribution < 1.29 is 0 Å². The SMILES string of the molecule is Cc1cnc(C(N)c2ccnn2-c2ccccc2)nc1. The maximum Gasteiger partial charge on any atom is 0.151 e. The van der Waals surface area contributed by atoms with Crippen LogP contribution in [-0.2, 0) is 0 Å². The van der Waals surface area contributed by atoms with Gasteiger partial charge in [-0.2, -0.15) is 5.10 Å². The predicted octanol–water partition coefficient (Wildman–Crippen LogP) is 2.02. The van der Waals surface area contributed by atoms with Gasteiger partial charge in [-0.05, 0) is 30.7 Å². The highest BCUT2D eigenvalue weighted by molar-refractivity contribution is 5.34. The molecule has 0 aliphatic heterocycles. The van der Waals surface area contributed by atoms with E-state index in [0.29, 0.717) is 5.82 Å². The molecule has 0 radical (unpaired) electrons. The fourth-order valence-electron chi connectivity index (χ4n) is 2.03. The highest BCUT2D eigenvalue weighted by Gasteiger charge is 2.17. The van der Waals surface area contributed by atoms with E-state index in [1.807, 2.05) is 48.0 Å². The number of aromatic nitrogens is 4. The summed E-state index contributed by atoms with van der Waals surface area (Å²) in [5.41, 5.74) is 9.10. The summed E-state index contributed by atoms with van der Waals surface area (Å²) in [7, 11) is 0. The van der Waals surface area contributed by atoms with E-state index in [4.69, 9.17) is 5.73 Å². The van der Waals surface area contributed by atoms with E-state index in [1.54, 1.807) is 18.6 Å². The molecule has 0 saturated carbocycles. The molecular weight excluding hydrogens is 250 g/mol. The molecule has 0 saturated heterocycles. The fraction of sp³-hybridized carbons (Fsp3) is 0.133. The summed E-state index contributed by atoms with van der Waals surface area (Å²) < 4.78 is 1.81. The van der Waals surface area contributed by atoms with Crippen molar-refractivity contribution in [3.8, 4) is 5.69 Å². The molecule has 3 rings (SSSR count). The quantitative estimate of drug-likeness (QED) is 0.786. The summed E-state index contributed by atoms with van der Waals surface area (Å²) in [4.78, 5) is 8.58. The first-order valence-corrected chi connectivity index (χ1v) is 6.39. The predicted molar refractivity (Wildman–Crippen MR) is 76.4 cm³/mol. The Balaban J connectivity index is 1.99. The molecule has 0 aliphatic rings. The minimum atomic E-state index is -0.404. The third-order valence-corrected chi connectivity index (χ3v) is 3.07. The van der Waals surface area contributed by atoms with E-state index in [1.165, 1.54) is 0 Å². The Kier molecular flexibility index (Phi) is 3.26. The third kappa shape index (κ3) is 2.31. The first kappa shape index (κ1) is 12.5. The molecule has 100 valence electrons. The van der Waals surface area contributed by atoms with Crippen molar-refractivity contribution in [3.63, 3.8) is 0 Å². The fourth-order valence-corrected chi connectivity index (χ4v) is 2.03. The summed E-state index contributed by atoms with van der Waals surface area (Å²) in [6.07, 6.45) is 5.27. The van der Waals surface area contributed by atoms with E-state index in [2.05, 4.69) is 15.1 Å². The van der Waals surface area contributed by atoms with E-state index >= 15 is 0 Å². The lowest BCUT2D eigenvalue weighted by Crippen LogP contribution is -2.19. The van der Waals surface area contributed by atoms with Gasteiger partial charge in [-0.25, -0.2) is 14.6 Å². The number of aryl methyl sites for hydroxylation is 1. The molecule has 5 heteroatoms. The molecule has 0 amide bonds. The van der Waals surface area contributed by atoms with Gasteiger partial charge in [0.15, 0.2) is 5.82 Å². The van der Waals surface area contributed by atoms with Crippen molar-refractivity contribution in [1.29, 1.82) is 0 Å². The summed E-state index contributed by atoms with van der Waals surface area (Å²) in [5.74, 6) is 0.591. The zero-order valence-corrected chi connectivity index (χ0v) is 11.1. The van der Waals surface area contributed by atoms with Gasteiger partial charge in [0.25, 0.3) is 0 Å². The smallest absolute Gasteiger partial charge is 0.151 e. The van der Waals surface area contributed by atoms with Crippen LogP contribution in [0.25, 0.3) is 5.69 Å². The lowest BCUT2D eigenvalue weighted by molar-refractivity contribution is 0.699. The van der Waals surface area contributed by atoms with Gasteiger partial charge >= 0.3 is 0 Å². The van der Waals surface area contributed by atoms with Crippen LogP contribution in [-0.4, -0.2) is 19.7 Å². The first-order valence-electron chi connectivity index (χ1n) is 6.39. The molecule has 0 spiro atoms. The molecule has 0 aliphatic carbocycles. The number of nitrogens with two attached hydrogens (primary N) is 1. The second kappa shape index (κ2) is 5.22. The largest absolute Gasteiger partial charge is 0.316 e. The van der Waals surface area contributed by atoms with Crippen molar-refractivity contribution in [2.45, 2.75) is 13.0 Å². The Morgan fingerprint density at radius 1 is 1.05 bits per heavy atom. The summed E-state index contributed by atoms with van der Waals surface area (Å²) in [5, 5.41) is 4.33. The maximum absolute atomic E-state index is 6.26. The number of benzene rings is 1. The monoisotopic (exact) mass is 265 g/mol. The molecule has 3 aromatic rings. The van der Waals surface area contributed by atoms with Crippen LogP contribution in [0.4, 0.5) is 0 Å². The van der Waals surface area contributed by atoms with Crippen molar-refractivity contribution in [1.82, 2.24) is 19.7 Å². The second-order valence-electron chi connectivity index (χ2n) is 4.60. The second-order valence-corrected chi connectivity index (χ2v) is 4.60. The van der Waals surface area contributed by atoms with Crippen molar-refractivity contribution >= 4 is 0 Å². The Labute approximate surface area is 117 Å². The molecule has 5 nitrogen and oxygen atoms in total. The number of rotatable bonds is 3. The van der Waals surface area contributed by atoms with E-state index in [9.17, 15) is 0 Å².